The molecule has 0 fully saturated rings. The van der Waals surface area contributed by atoms with Crippen LogP contribution in [0.3, 0.4) is 0 Å². The lowest BCUT2D eigenvalue weighted by molar-refractivity contribution is 0.0734. The smallest absolute Gasteiger partial charge is 0.345 e. The molecule has 0 unspecified atom stereocenters. The molecule has 4 aromatic carbocycles. The normalized spacial score (nSPS) is 11.0. The molecule has 0 radical (unpaired) electrons. The van der Waals surface area contributed by atoms with E-state index in [2.05, 4.69) is 10.5 Å². The molecule has 0 aromatic heterocycles. The van der Waals surface area contributed by atoms with Crippen LogP contribution in [0.2, 0.25) is 15.1 Å². The van der Waals surface area contributed by atoms with Crippen molar-refractivity contribution in [2.45, 2.75) is 0 Å². The van der Waals surface area contributed by atoms with E-state index < -0.39 is 11.9 Å². The summed E-state index contributed by atoms with van der Waals surface area (Å²) in [6.07, 6.45) is 1.43. The van der Waals surface area contributed by atoms with E-state index in [1.807, 2.05) is 30.3 Å². The number of hydrazone groups is 1. The van der Waals surface area contributed by atoms with Gasteiger partial charge in [0.1, 0.15) is 5.75 Å². The Morgan fingerprint density at radius 1 is 0.848 bits per heavy atom. The van der Waals surface area contributed by atoms with Gasteiger partial charge in [-0.3, -0.25) is 4.79 Å². The maximum atomic E-state index is 12.8. The van der Waals surface area contributed by atoms with Crippen molar-refractivity contribution in [2.75, 3.05) is 0 Å². The second-order valence-electron chi connectivity index (χ2n) is 6.92. The van der Waals surface area contributed by atoms with E-state index in [0.717, 1.165) is 10.8 Å². The number of fused-ring (bicyclic) bond motifs is 1. The number of nitrogens with one attached hydrogen (secondary N) is 1. The van der Waals surface area contributed by atoms with Crippen LogP contribution in [-0.2, 0) is 0 Å². The number of carbonyl (C=O) groups excluding carboxylic acids is 2. The van der Waals surface area contributed by atoms with Crippen LogP contribution >= 0.6 is 34.8 Å². The summed E-state index contributed by atoms with van der Waals surface area (Å²) in [6.45, 7) is 0. The monoisotopic (exact) mass is 496 g/mol. The van der Waals surface area contributed by atoms with Gasteiger partial charge in [0.05, 0.1) is 16.8 Å². The number of ether oxygens (including phenoxy) is 1. The molecule has 33 heavy (non-hydrogen) atoms. The van der Waals surface area contributed by atoms with Gasteiger partial charge in [-0.05, 0) is 59.3 Å². The van der Waals surface area contributed by atoms with Crippen molar-refractivity contribution in [1.82, 2.24) is 5.43 Å². The number of esters is 1. The Labute approximate surface area is 204 Å². The Hall–Kier alpha value is -3.38. The lowest BCUT2D eigenvalue weighted by atomic mass is 10.0. The van der Waals surface area contributed by atoms with E-state index >= 15 is 0 Å². The Balaban J connectivity index is 1.63. The molecule has 4 aromatic rings. The minimum Gasteiger partial charge on any atom is -0.422 e. The van der Waals surface area contributed by atoms with Gasteiger partial charge in [-0.2, -0.15) is 5.10 Å². The maximum Gasteiger partial charge on any atom is 0.345 e. The summed E-state index contributed by atoms with van der Waals surface area (Å²) in [6, 6.07) is 21.9. The van der Waals surface area contributed by atoms with Gasteiger partial charge in [-0.25, -0.2) is 10.2 Å². The predicted octanol–water partition coefficient (Wildman–Crippen LogP) is 6.78. The molecule has 0 aliphatic heterocycles. The van der Waals surface area contributed by atoms with Crippen molar-refractivity contribution < 1.29 is 14.3 Å². The summed E-state index contributed by atoms with van der Waals surface area (Å²) in [7, 11) is 0. The predicted molar refractivity (Wildman–Crippen MR) is 132 cm³/mol. The molecule has 0 aliphatic carbocycles. The Bertz CT molecular complexity index is 1390. The summed E-state index contributed by atoms with van der Waals surface area (Å²) in [5.74, 6) is -0.796. The molecule has 164 valence electrons. The van der Waals surface area contributed by atoms with Crippen molar-refractivity contribution in [1.29, 1.82) is 0 Å². The highest BCUT2D eigenvalue weighted by Crippen LogP contribution is 2.29. The first kappa shape index (κ1) is 22.8. The summed E-state index contributed by atoms with van der Waals surface area (Å²) in [4.78, 5) is 25.1. The van der Waals surface area contributed by atoms with Crippen LogP contribution in [0.4, 0.5) is 0 Å². The number of rotatable bonds is 5. The lowest BCUT2D eigenvalue weighted by Gasteiger charge is -2.11. The zero-order valence-electron chi connectivity index (χ0n) is 16.9. The third-order valence-electron chi connectivity index (χ3n) is 4.75. The molecule has 0 aliphatic rings. The molecule has 5 nitrogen and oxygen atoms in total. The van der Waals surface area contributed by atoms with Gasteiger partial charge in [0.25, 0.3) is 5.91 Å². The van der Waals surface area contributed by atoms with Crippen LogP contribution in [0, 0.1) is 0 Å². The van der Waals surface area contributed by atoms with E-state index in [0.29, 0.717) is 21.2 Å². The van der Waals surface area contributed by atoms with E-state index in [4.69, 9.17) is 39.5 Å². The van der Waals surface area contributed by atoms with Gasteiger partial charge in [0.15, 0.2) is 0 Å². The molecule has 0 heterocycles. The first-order chi connectivity index (χ1) is 15.9. The number of hydrogen-bond donors (Lipinski definition) is 1. The third-order valence-corrected chi connectivity index (χ3v) is 5.55. The average Bonchev–Trinajstić information content (AvgIpc) is 2.80. The molecular formula is C25H15Cl3N2O3. The van der Waals surface area contributed by atoms with Gasteiger partial charge in [-0.1, -0.05) is 65.1 Å². The van der Waals surface area contributed by atoms with Crippen molar-refractivity contribution in [2.24, 2.45) is 5.10 Å². The molecular weight excluding hydrogens is 483 g/mol. The number of halogens is 3. The highest BCUT2D eigenvalue weighted by atomic mass is 35.5. The van der Waals surface area contributed by atoms with Gasteiger partial charge < -0.3 is 4.74 Å². The fourth-order valence-electron chi connectivity index (χ4n) is 3.13. The number of benzene rings is 4. The Morgan fingerprint density at radius 2 is 1.58 bits per heavy atom. The third kappa shape index (κ3) is 5.34. The van der Waals surface area contributed by atoms with Crippen LogP contribution in [0.1, 0.15) is 26.3 Å². The minimum absolute atomic E-state index is 0.174. The van der Waals surface area contributed by atoms with Gasteiger partial charge in [-0.15, -0.1) is 0 Å². The second-order valence-corrected chi connectivity index (χ2v) is 8.20. The molecule has 4 rings (SSSR count). The highest BCUT2D eigenvalue weighted by Gasteiger charge is 2.16. The summed E-state index contributed by atoms with van der Waals surface area (Å²) >= 11 is 17.9. The Kier molecular flexibility index (Phi) is 6.94. The minimum atomic E-state index is -0.646. The van der Waals surface area contributed by atoms with Gasteiger partial charge in [0.2, 0.25) is 0 Å². The van der Waals surface area contributed by atoms with Crippen molar-refractivity contribution in [3.05, 3.63) is 111 Å². The highest BCUT2D eigenvalue weighted by molar-refractivity contribution is 6.36. The van der Waals surface area contributed by atoms with Crippen LogP contribution in [0.25, 0.3) is 10.8 Å². The number of nitrogens with zero attached hydrogens (tertiary/aromatic N) is 1. The van der Waals surface area contributed by atoms with Crippen molar-refractivity contribution in [3.63, 3.8) is 0 Å². The zero-order chi connectivity index (χ0) is 23.4. The first-order valence-electron chi connectivity index (χ1n) is 9.70. The van der Waals surface area contributed by atoms with E-state index in [1.54, 1.807) is 36.4 Å². The molecule has 1 N–H and O–H groups in total. The first-order valence-corrected chi connectivity index (χ1v) is 10.8. The SMILES string of the molecule is O=C(N/N=C/c1c(OC(=O)c2ccc(Cl)cc2Cl)ccc2ccccc12)c1ccc(Cl)cc1. The van der Waals surface area contributed by atoms with E-state index in [1.165, 1.54) is 18.3 Å². The maximum absolute atomic E-state index is 12.8. The Morgan fingerprint density at radius 3 is 2.33 bits per heavy atom. The van der Waals surface area contributed by atoms with Gasteiger partial charge in [0, 0.05) is 21.2 Å². The fraction of sp³-hybridized carbons (Fsp3) is 0. The second kappa shape index (κ2) is 10.0. The molecule has 0 spiro atoms. The molecule has 0 saturated heterocycles. The van der Waals surface area contributed by atoms with Crippen LogP contribution < -0.4 is 10.2 Å². The molecule has 0 atom stereocenters. The number of carbonyl (C=O) groups is 2. The van der Waals surface area contributed by atoms with E-state index in [9.17, 15) is 9.59 Å². The van der Waals surface area contributed by atoms with E-state index in [-0.39, 0.29) is 16.3 Å². The summed E-state index contributed by atoms with van der Waals surface area (Å²) in [5.41, 5.74) is 3.56. The lowest BCUT2D eigenvalue weighted by Crippen LogP contribution is -2.17. The quantitative estimate of drug-likeness (QED) is 0.143. The van der Waals surface area contributed by atoms with Crippen molar-refractivity contribution >= 4 is 63.7 Å². The molecule has 0 saturated carbocycles. The largest absolute Gasteiger partial charge is 0.422 e. The number of amides is 1. The van der Waals surface area contributed by atoms with Crippen LogP contribution in [-0.4, -0.2) is 18.1 Å². The average molecular weight is 498 g/mol. The summed E-state index contributed by atoms with van der Waals surface area (Å²) in [5, 5.41) is 6.88. The number of hydrogen-bond acceptors (Lipinski definition) is 4. The fourth-order valence-corrected chi connectivity index (χ4v) is 3.74. The topological polar surface area (TPSA) is 67.8 Å². The van der Waals surface area contributed by atoms with Crippen LogP contribution in [0.15, 0.2) is 84.0 Å². The standard InChI is InChI=1S/C25H15Cl3N2O3/c26-17-8-5-16(6-9-17)24(31)30-29-14-21-19-4-2-1-3-15(19)7-12-23(21)33-25(32)20-11-10-18(27)13-22(20)28/h1-14H,(H,30,31)/b29-14+. The van der Waals surface area contributed by atoms with Gasteiger partial charge >= 0.3 is 5.97 Å². The molecule has 0 bridgehead atoms. The van der Waals surface area contributed by atoms with Crippen molar-refractivity contribution in [3.8, 4) is 5.75 Å². The molecule has 1 amide bonds. The zero-order valence-corrected chi connectivity index (χ0v) is 19.2. The van der Waals surface area contributed by atoms with Crippen LogP contribution in [0.5, 0.6) is 5.75 Å². The summed E-state index contributed by atoms with van der Waals surface area (Å²) < 4.78 is 5.63. The molecule has 8 heteroatoms.